The first-order valence-corrected chi connectivity index (χ1v) is 3.12. The molecule has 8 heavy (non-hydrogen) atoms. The van der Waals surface area contributed by atoms with Crippen LogP contribution in [0.2, 0.25) is 5.04 Å². The molecule has 1 heteroatoms. The van der Waals surface area contributed by atoms with Gasteiger partial charge in [0.1, 0.15) is 0 Å². The van der Waals surface area contributed by atoms with Gasteiger partial charge in [-0.15, -0.1) is 13.2 Å². The second kappa shape index (κ2) is 2.87. The van der Waals surface area contributed by atoms with E-state index >= 15 is 0 Å². The smallest absolute Gasteiger partial charge is 0.0370 e. The van der Waals surface area contributed by atoms with Crippen molar-refractivity contribution in [3.8, 4) is 0 Å². The van der Waals surface area contributed by atoms with Crippen LogP contribution in [-0.2, 0) is 0 Å². The maximum Gasteiger partial charge on any atom is 0.0370 e. The van der Waals surface area contributed by atoms with Gasteiger partial charge in [0.05, 0.1) is 0 Å². The largest absolute Gasteiger partial charge is 0.103 e. The van der Waals surface area contributed by atoms with E-state index in [2.05, 4.69) is 30.3 Å². The van der Waals surface area contributed by atoms with Gasteiger partial charge >= 0.3 is 0 Å². The molecular weight excluding hydrogens is 112 g/mol. The van der Waals surface area contributed by atoms with Gasteiger partial charge in [-0.1, -0.05) is 19.1 Å². The first-order chi connectivity index (χ1) is 3.62. The van der Waals surface area contributed by atoms with Crippen LogP contribution in [0.25, 0.3) is 0 Å². The predicted octanol–water partition coefficient (Wildman–Crippen LogP) is 2.10. The minimum Gasteiger partial charge on any atom is -0.103 e. The van der Waals surface area contributed by atoms with Gasteiger partial charge in [-0.25, -0.2) is 0 Å². The van der Waals surface area contributed by atoms with E-state index in [9.17, 15) is 0 Å². The van der Waals surface area contributed by atoms with Crippen LogP contribution in [0, 0.1) is 0 Å². The fourth-order valence-electron chi connectivity index (χ4n) is 0.383. The zero-order chi connectivity index (χ0) is 6.62. The lowest BCUT2D eigenvalue weighted by Gasteiger charge is -2.15. The molecule has 0 aromatic rings. The van der Waals surface area contributed by atoms with Crippen molar-refractivity contribution < 1.29 is 0 Å². The predicted molar refractivity (Wildman–Crippen MR) is 39.1 cm³/mol. The van der Waals surface area contributed by atoms with Gasteiger partial charge in [-0.05, 0) is 11.5 Å². The highest BCUT2D eigenvalue weighted by molar-refractivity contribution is 6.16. The second-order valence-corrected chi connectivity index (χ2v) is 3.26. The maximum absolute atomic E-state index is 3.65. The molecule has 0 aromatic heterocycles. The minimum absolute atomic E-state index is 0.0434. The lowest BCUT2D eigenvalue weighted by atomic mass is 10.1. The van der Waals surface area contributed by atoms with Crippen LogP contribution in [-0.4, -0.2) is 10.2 Å². The van der Waals surface area contributed by atoms with Crippen LogP contribution in [0.5, 0.6) is 0 Å². The Balaban J connectivity index is 3.70. The summed E-state index contributed by atoms with van der Waals surface area (Å²) in [6, 6.07) is 0. The van der Waals surface area contributed by atoms with Gasteiger partial charge in [0, 0.05) is 10.2 Å². The number of hydrogen-bond acceptors (Lipinski definition) is 0. The average Bonchev–Trinajstić information content (AvgIpc) is 1.67. The third-order valence-corrected chi connectivity index (χ3v) is 1.43. The van der Waals surface area contributed by atoms with Gasteiger partial charge in [0.25, 0.3) is 0 Å². The van der Waals surface area contributed by atoms with Crippen molar-refractivity contribution in [1.29, 1.82) is 0 Å². The van der Waals surface area contributed by atoms with Crippen molar-refractivity contribution in [1.82, 2.24) is 0 Å². The summed E-state index contributed by atoms with van der Waals surface area (Å²) < 4.78 is 0. The number of allylic oxidation sites excluding steroid dienone is 2. The molecule has 0 nitrogen and oxygen atoms in total. The summed E-state index contributed by atoms with van der Waals surface area (Å²) in [5, 5.41) is 0.0434. The molecule has 0 saturated carbocycles. The fraction of sp³-hybridized carbons (Fsp3) is 0.429. The molecule has 0 spiro atoms. The Morgan fingerprint density at radius 2 is 2.12 bits per heavy atom. The average molecular weight is 123 g/mol. The normalized spacial score (nSPS) is 16.8. The van der Waals surface area contributed by atoms with Crippen LogP contribution in [0.15, 0.2) is 25.3 Å². The topological polar surface area (TPSA) is 0 Å². The number of hydrogen-bond donors (Lipinski definition) is 0. The molecule has 0 amide bonds. The summed E-state index contributed by atoms with van der Waals surface area (Å²) in [7, 11) is 3.50. The Bertz CT molecular complexity index is 92.6. The summed E-state index contributed by atoms with van der Waals surface area (Å²) in [4.78, 5) is 0. The highest BCUT2D eigenvalue weighted by Crippen LogP contribution is 2.25. The van der Waals surface area contributed by atoms with Crippen LogP contribution in [0.3, 0.4) is 0 Å². The van der Waals surface area contributed by atoms with Crippen molar-refractivity contribution in [3.63, 3.8) is 0 Å². The maximum atomic E-state index is 3.65. The van der Waals surface area contributed by atoms with E-state index < -0.39 is 0 Å². The molecule has 0 aliphatic carbocycles. The Kier molecular flexibility index (Phi) is 2.76. The van der Waals surface area contributed by atoms with Crippen molar-refractivity contribution >= 4 is 10.2 Å². The molecule has 0 aliphatic heterocycles. The van der Waals surface area contributed by atoms with Crippen molar-refractivity contribution in [3.05, 3.63) is 25.3 Å². The van der Waals surface area contributed by atoms with E-state index in [0.717, 1.165) is 6.42 Å². The first-order valence-electron chi connectivity index (χ1n) is 2.62. The molecule has 1 atom stereocenters. The third-order valence-electron chi connectivity index (χ3n) is 1.02. The Morgan fingerprint density at radius 1 is 1.62 bits per heavy atom. The van der Waals surface area contributed by atoms with Crippen molar-refractivity contribution in [2.24, 2.45) is 0 Å². The Labute approximate surface area is 54.7 Å². The van der Waals surface area contributed by atoms with E-state index in [4.69, 9.17) is 0 Å². The van der Waals surface area contributed by atoms with E-state index in [-0.39, 0.29) is 5.04 Å². The number of rotatable bonds is 3. The molecule has 0 aliphatic rings. The van der Waals surface area contributed by atoms with Crippen molar-refractivity contribution in [2.45, 2.75) is 18.4 Å². The first kappa shape index (κ1) is 7.70. The van der Waals surface area contributed by atoms with Crippen molar-refractivity contribution in [2.75, 3.05) is 0 Å². The molecule has 0 saturated heterocycles. The second-order valence-electron chi connectivity index (χ2n) is 2.11. The highest BCUT2D eigenvalue weighted by atomic mass is 28.1. The zero-order valence-electron chi connectivity index (χ0n) is 5.28. The van der Waals surface area contributed by atoms with Gasteiger partial charge in [0.15, 0.2) is 0 Å². The highest BCUT2D eigenvalue weighted by Gasteiger charge is 2.08. The van der Waals surface area contributed by atoms with Crippen LogP contribution in [0.1, 0.15) is 13.3 Å². The fourth-order valence-corrected chi connectivity index (χ4v) is 0.528. The van der Waals surface area contributed by atoms with E-state index in [1.54, 1.807) is 0 Å². The Morgan fingerprint density at radius 3 is 2.25 bits per heavy atom. The molecule has 0 rings (SSSR count). The molecule has 0 N–H and O–H groups in total. The standard InChI is InChI=1S/C7H11Si/c1-4-6-7(3,8)5-2/h4-5H,1-2,6H2,3H3/t7-/m1/s1. The summed E-state index contributed by atoms with van der Waals surface area (Å²) in [5.41, 5.74) is 0. The summed E-state index contributed by atoms with van der Waals surface area (Å²) >= 11 is 0. The third kappa shape index (κ3) is 2.80. The molecule has 0 aromatic carbocycles. The molecule has 3 radical (unpaired) electrons. The Hall–Kier alpha value is -0.303. The van der Waals surface area contributed by atoms with Gasteiger partial charge in [0.2, 0.25) is 0 Å². The monoisotopic (exact) mass is 123 g/mol. The van der Waals surface area contributed by atoms with Gasteiger partial charge in [-0.3, -0.25) is 0 Å². The van der Waals surface area contributed by atoms with E-state index in [1.165, 1.54) is 0 Å². The zero-order valence-corrected chi connectivity index (χ0v) is 6.28. The lowest BCUT2D eigenvalue weighted by Crippen LogP contribution is -2.00. The van der Waals surface area contributed by atoms with E-state index in [1.807, 2.05) is 12.2 Å². The van der Waals surface area contributed by atoms with Gasteiger partial charge < -0.3 is 0 Å². The minimum atomic E-state index is 0.0434. The summed E-state index contributed by atoms with van der Waals surface area (Å²) in [6.45, 7) is 9.32. The molecular formula is C7H11Si. The lowest BCUT2D eigenvalue weighted by molar-refractivity contribution is 0.776. The summed E-state index contributed by atoms with van der Waals surface area (Å²) in [6.07, 6.45) is 4.66. The van der Waals surface area contributed by atoms with Crippen LogP contribution < -0.4 is 0 Å². The SMILES string of the molecule is C=CC[C@](C)([Si])C=C. The van der Waals surface area contributed by atoms with Crippen LogP contribution >= 0.6 is 0 Å². The quantitative estimate of drug-likeness (QED) is 0.398. The molecule has 0 heterocycles. The van der Waals surface area contributed by atoms with E-state index in [0.29, 0.717) is 0 Å². The van der Waals surface area contributed by atoms with Gasteiger partial charge in [-0.2, -0.15) is 0 Å². The molecule has 43 valence electrons. The summed E-state index contributed by atoms with van der Waals surface area (Å²) in [5.74, 6) is 0. The molecule has 0 unspecified atom stereocenters. The molecule has 0 bridgehead atoms. The van der Waals surface area contributed by atoms with Crippen LogP contribution in [0.4, 0.5) is 0 Å². The molecule has 0 fully saturated rings.